The number of nitrogens with one attached hydrogen (secondary N) is 2. The summed E-state index contributed by atoms with van der Waals surface area (Å²) in [4.78, 5) is 38.4. The van der Waals surface area contributed by atoms with Crippen molar-refractivity contribution in [3.05, 3.63) is 23.8 Å². The SMILES string of the molecule is O=C1CCc2cc(OCCCC(=O)NC3CCN(C(=O)C4CCCCC4)CC3)ccc2N1. The first-order chi connectivity index (χ1) is 15.6. The zero-order chi connectivity index (χ0) is 22.3. The highest BCUT2D eigenvalue weighted by Gasteiger charge is 2.29. The van der Waals surface area contributed by atoms with Gasteiger partial charge >= 0.3 is 0 Å². The van der Waals surface area contributed by atoms with Gasteiger partial charge in [-0.1, -0.05) is 19.3 Å². The molecule has 3 amide bonds. The molecule has 3 aliphatic rings. The average Bonchev–Trinajstić information content (AvgIpc) is 2.82. The van der Waals surface area contributed by atoms with Crippen LogP contribution < -0.4 is 15.4 Å². The van der Waals surface area contributed by atoms with Crippen LogP contribution in [0.2, 0.25) is 0 Å². The van der Waals surface area contributed by atoms with E-state index in [9.17, 15) is 14.4 Å². The maximum Gasteiger partial charge on any atom is 0.225 e. The molecule has 1 aromatic carbocycles. The molecule has 4 rings (SSSR count). The van der Waals surface area contributed by atoms with Crippen LogP contribution in [-0.4, -0.2) is 48.4 Å². The fraction of sp³-hybridized carbons (Fsp3) is 0.640. The summed E-state index contributed by atoms with van der Waals surface area (Å²) in [7, 11) is 0. The largest absolute Gasteiger partial charge is 0.494 e. The van der Waals surface area contributed by atoms with Crippen LogP contribution in [0.4, 0.5) is 5.69 Å². The van der Waals surface area contributed by atoms with Crippen molar-refractivity contribution in [1.82, 2.24) is 10.2 Å². The molecule has 2 heterocycles. The van der Waals surface area contributed by atoms with Crippen LogP contribution in [0.3, 0.4) is 0 Å². The van der Waals surface area contributed by atoms with Crippen LogP contribution in [0.15, 0.2) is 18.2 Å². The van der Waals surface area contributed by atoms with E-state index >= 15 is 0 Å². The molecule has 0 unspecified atom stereocenters. The second-order valence-corrected chi connectivity index (χ2v) is 9.32. The van der Waals surface area contributed by atoms with Crippen LogP contribution in [-0.2, 0) is 20.8 Å². The van der Waals surface area contributed by atoms with Crippen molar-refractivity contribution in [2.24, 2.45) is 5.92 Å². The number of carbonyl (C=O) groups excluding carboxylic acids is 3. The molecular weight excluding hydrogens is 406 g/mol. The molecule has 0 radical (unpaired) electrons. The number of carbonyl (C=O) groups is 3. The number of hydrogen-bond acceptors (Lipinski definition) is 4. The van der Waals surface area contributed by atoms with Gasteiger partial charge in [-0.05, 0) is 62.3 Å². The Hall–Kier alpha value is -2.57. The number of rotatable bonds is 7. The number of nitrogens with zero attached hydrogens (tertiary/aromatic N) is 1. The number of amides is 3. The van der Waals surface area contributed by atoms with Gasteiger partial charge in [-0.3, -0.25) is 14.4 Å². The molecule has 2 fully saturated rings. The van der Waals surface area contributed by atoms with Crippen molar-refractivity contribution in [2.45, 2.75) is 76.7 Å². The molecule has 7 heteroatoms. The van der Waals surface area contributed by atoms with Gasteiger partial charge in [-0.2, -0.15) is 0 Å². The topological polar surface area (TPSA) is 87.7 Å². The lowest BCUT2D eigenvalue weighted by molar-refractivity contribution is -0.137. The predicted molar refractivity (Wildman–Crippen MR) is 122 cm³/mol. The normalized spacial score (nSPS) is 19.8. The number of anilines is 1. The Bertz CT molecular complexity index is 826. The molecule has 0 aromatic heterocycles. The van der Waals surface area contributed by atoms with Gasteiger partial charge in [0.25, 0.3) is 0 Å². The van der Waals surface area contributed by atoms with Gasteiger partial charge in [0.1, 0.15) is 5.75 Å². The van der Waals surface area contributed by atoms with Crippen LogP contribution in [0.1, 0.15) is 69.8 Å². The molecule has 2 N–H and O–H groups in total. The Morgan fingerprint density at radius 2 is 1.84 bits per heavy atom. The number of likely N-dealkylation sites (tertiary alicyclic amines) is 1. The molecule has 0 atom stereocenters. The monoisotopic (exact) mass is 441 g/mol. The summed E-state index contributed by atoms with van der Waals surface area (Å²) >= 11 is 0. The van der Waals surface area contributed by atoms with E-state index in [0.29, 0.717) is 31.8 Å². The number of ether oxygens (including phenoxy) is 1. The van der Waals surface area contributed by atoms with Gasteiger partial charge in [0.15, 0.2) is 0 Å². The van der Waals surface area contributed by atoms with Gasteiger partial charge in [0.05, 0.1) is 6.61 Å². The molecule has 0 bridgehead atoms. The minimum Gasteiger partial charge on any atom is -0.494 e. The summed E-state index contributed by atoms with van der Waals surface area (Å²) < 4.78 is 5.80. The molecule has 7 nitrogen and oxygen atoms in total. The summed E-state index contributed by atoms with van der Waals surface area (Å²) in [6, 6.07) is 5.86. The fourth-order valence-electron chi connectivity index (χ4n) is 5.02. The van der Waals surface area contributed by atoms with Crippen molar-refractivity contribution in [1.29, 1.82) is 0 Å². The molecule has 2 aliphatic heterocycles. The zero-order valence-corrected chi connectivity index (χ0v) is 18.9. The standard InChI is InChI=1S/C25H35N3O4/c29-23(7-4-16-32-21-9-10-22-19(17-21)8-11-24(30)27-22)26-20-12-14-28(15-13-20)25(31)18-5-2-1-3-6-18/h9-10,17-18,20H,1-8,11-16H2,(H,26,29)(H,27,30). The van der Waals surface area contributed by atoms with E-state index in [1.54, 1.807) is 0 Å². The molecule has 174 valence electrons. The second-order valence-electron chi connectivity index (χ2n) is 9.32. The Labute approximate surface area is 190 Å². The van der Waals surface area contributed by atoms with Gasteiger partial charge in [0, 0.05) is 43.6 Å². The molecule has 1 saturated heterocycles. The average molecular weight is 442 g/mol. The maximum atomic E-state index is 12.7. The molecule has 32 heavy (non-hydrogen) atoms. The van der Waals surface area contributed by atoms with E-state index in [2.05, 4.69) is 10.6 Å². The first-order valence-corrected chi connectivity index (χ1v) is 12.2. The Morgan fingerprint density at radius 3 is 2.62 bits per heavy atom. The minimum absolute atomic E-state index is 0.0543. The molecule has 0 spiro atoms. The lowest BCUT2D eigenvalue weighted by Gasteiger charge is -2.35. The van der Waals surface area contributed by atoms with E-state index in [1.165, 1.54) is 19.3 Å². The summed E-state index contributed by atoms with van der Waals surface area (Å²) in [5.41, 5.74) is 1.95. The summed E-state index contributed by atoms with van der Waals surface area (Å²) in [5.74, 6) is 1.44. The number of hydrogen-bond donors (Lipinski definition) is 2. The fourth-order valence-corrected chi connectivity index (χ4v) is 5.02. The summed E-state index contributed by atoms with van der Waals surface area (Å²) in [6.07, 6.45) is 9.69. The molecular formula is C25H35N3O4. The smallest absolute Gasteiger partial charge is 0.225 e. The highest BCUT2D eigenvalue weighted by Crippen LogP contribution is 2.28. The molecule has 1 aromatic rings. The van der Waals surface area contributed by atoms with E-state index in [0.717, 1.165) is 62.2 Å². The number of aryl methyl sites for hydroxylation is 1. The summed E-state index contributed by atoms with van der Waals surface area (Å²) in [5, 5.41) is 5.99. The van der Waals surface area contributed by atoms with E-state index < -0.39 is 0 Å². The van der Waals surface area contributed by atoms with Gasteiger partial charge in [-0.25, -0.2) is 0 Å². The van der Waals surface area contributed by atoms with E-state index in [1.807, 2.05) is 23.1 Å². The first kappa shape index (κ1) is 22.6. The van der Waals surface area contributed by atoms with Crippen molar-refractivity contribution in [2.75, 3.05) is 25.0 Å². The molecule has 1 aliphatic carbocycles. The lowest BCUT2D eigenvalue weighted by atomic mass is 9.87. The predicted octanol–water partition coefficient (Wildman–Crippen LogP) is 3.42. The van der Waals surface area contributed by atoms with E-state index in [4.69, 9.17) is 4.74 Å². The highest BCUT2D eigenvalue weighted by molar-refractivity contribution is 5.94. The third-order valence-electron chi connectivity index (χ3n) is 6.92. The highest BCUT2D eigenvalue weighted by atomic mass is 16.5. The van der Waals surface area contributed by atoms with Crippen LogP contribution in [0, 0.1) is 5.92 Å². The Morgan fingerprint density at radius 1 is 1.06 bits per heavy atom. The molecule has 1 saturated carbocycles. The Balaban J connectivity index is 1.11. The van der Waals surface area contributed by atoms with E-state index in [-0.39, 0.29) is 23.8 Å². The minimum atomic E-state index is 0.0543. The van der Waals surface area contributed by atoms with Gasteiger partial charge in [-0.15, -0.1) is 0 Å². The second kappa shape index (κ2) is 10.8. The summed E-state index contributed by atoms with van der Waals surface area (Å²) in [6.45, 7) is 1.98. The third kappa shape index (κ3) is 6.02. The van der Waals surface area contributed by atoms with Crippen molar-refractivity contribution in [3.63, 3.8) is 0 Å². The van der Waals surface area contributed by atoms with Gasteiger partial charge in [0.2, 0.25) is 17.7 Å². The van der Waals surface area contributed by atoms with Crippen LogP contribution in [0.25, 0.3) is 0 Å². The number of piperidine rings is 1. The van der Waals surface area contributed by atoms with Crippen molar-refractivity contribution < 1.29 is 19.1 Å². The third-order valence-corrected chi connectivity index (χ3v) is 6.92. The van der Waals surface area contributed by atoms with Crippen molar-refractivity contribution >= 4 is 23.4 Å². The quantitative estimate of drug-likeness (QED) is 0.635. The number of benzene rings is 1. The van der Waals surface area contributed by atoms with Crippen molar-refractivity contribution in [3.8, 4) is 5.75 Å². The zero-order valence-electron chi connectivity index (χ0n) is 18.9. The maximum absolute atomic E-state index is 12.7. The van der Waals surface area contributed by atoms with Gasteiger partial charge < -0.3 is 20.3 Å². The number of fused-ring (bicyclic) bond motifs is 1. The Kier molecular flexibility index (Phi) is 7.66. The van der Waals surface area contributed by atoms with Crippen LogP contribution in [0.5, 0.6) is 5.75 Å². The first-order valence-electron chi connectivity index (χ1n) is 12.2. The lowest BCUT2D eigenvalue weighted by Crippen LogP contribution is -2.48. The van der Waals surface area contributed by atoms with Crippen LogP contribution >= 0.6 is 0 Å².